The second kappa shape index (κ2) is 11.6. The summed E-state index contributed by atoms with van der Waals surface area (Å²) in [7, 11) is 0. The molecule has 0 atom stereocenters. The van der Waals surface area contributed by atoms with Gasteiger partial charge in [0, 0.05) is 29.3 Å². The van der Waals surface area contributed by atoms with Crippen LogP contribution in [0.4, 0.5) is 0 Å². The second-order valence-electron chi connectivity index (χ2n) is 6.92. The fourth-order valence-electron chi connectivity index (χ4n) is 3.25. The van der Waals surface area contributed by atoms with Crippen molar-refractivity contribution in [3.8, 4) is 0 Å². The zero-order valence-corrected chi connectivity index (χ0v) is 17.8. The topological polar surface area (TPSA) is 85.5 Å². The van der Waals surface area contributed by atoms with Crippen LogP contribution in [-0.4, -0.2) is 35.9 Å². The molecule has 0 saturated heterocycles. The number of hydrogen-bond donors (Lipinski definition) is 1. The molecule has 0 saturated carbocycles. The average Bonchev–Trinajstić information content (AvgIpc) is 3.05. The van der Waals surface area contributed by atoms with E-state index in [0.717, 1.165) is 38.5 Å². The van der Waals surface area contributed by atoms with Crippen molar-refractivity contribution in [3.63, 3.8) is 0 Å². The van der Waals surface area contributed by atoms with Gasteiger partial charge >= 0.3 is 11.9 Å². The highest BCUT2D eigenvalue weighted by molar-refractivity contribution is 6.31. The lowest BCUT2D eigenvalue weighted by molar-refractivity contribution is -0.141. The highest BCUT2D eigenvalue weighted by Gasteiger charge is 2.23. The van der Waals surface area contributed by atoms with Crippen molar-refractivity contribution in [1.82, 2.24) is 4.98 Å². The van der Waals surface area contributed by atoms with Crippen LogP contribution in [-0.2, 0) is 14.3 Å². The number of rotatable bonds is 12. The number of ketones is 1. The lowest BCUT2D eigenvalue weighted by Crippen LogP contribution is -2.11. The minimum atomic E-state index is -0.532. The monoisotopic (exact) mass is 421 g/mol. The summed E-state index contributed by atoms with van der Waals surface area (Å²) in [6.45, 7) is 3.84. The number of ether oxygens (including phenoxy) is 2. The van der Waals surface area contributed by atoms with Crippen LogP contribution >= 0.6 is 11.6 Å². The van der Waals surface area contributed by atoms with Crippen molar-refractivity contribution in [2.45, 2.75) is 58.8 Å². The molecule has 1 aromatic carbocycles. The first kappa shape index (κ1) is 22.9. The summed E-state index contributed by atoms with van der Waals surface area (Å²) < 4.78 is 10.00. The largest absolute Gasteiger partial charge is 0.466 e. The number of carbonyl (C=O) groups excluding carboxylic acids is 3. The molecule has 0 aliphatic carbocycles. The normalized spacial score (nSPS) is 10.9. The summed E-state index contributed by atoms with van der Waals surface area (Å²) >= 11 is 6.09. The number of hydrogen-bond acceptors (Lipinski definition) is 5. The van der Waals surface area contributed by atoms with Gasteiger partial charge in [0.2, 0.25) is 0 Å². The van der Waals surface area contributed by atoms with E-state index >= 15 is 0 Å². The van der Waals surface area contributed by atoms with Crippen LogP contribution < -0.4 is 0 Å². The Morgan fingerprint density at radius 3 is 2.38 bits per heavy atom. The van der Waals surface area contributed by atoms with Crippen molar-refractivity contribution >= 4 is 40.2 Å². The fourth-order valence-corrected chi connectivity index (χ4v) is 3.42. The highest BCUT2D eigenvalue weighted by Crippen LogP contribution is 2.28. The SMILES string of the molecule is CCOC(=O)c1[nH]c2ccc(Cl)cc2c1C(=O)CCCCCCCCOC(C)=O. The van der Waals surface area contributed by atoms with Crippen molar-refractivity contribution in [2.75, 3.05) is 13.2 Å². The van der Waals surface area contributed by atoms with Crippen LogP contribution in [0.2, 0.25) is 5.02 Å². The Labute approximate surface area is 175 Å². The van der Waals surface area contributed by atoms with Crippen molar-refractivity contribution in [1.29, 1.82) is 0 Å². The van der Waals surface area contributed by atoms with E-state index in [1.807, 2.05) is 0 Å². The van der Waals surface area contributed by atoms with E-state index in [-0.39, 0.29) is 24.1 Å². The van der Waals surface area contributed by atoms with Gasteiger partial charge in [-0.1, -0.05) is 37.3 Å². The van der Waals surface area contributed by atoms with E-state index in [1.165, 1.54) is 6.92 Å². The molecule has 0 fully saturated rings. The Bertz CT molecular complexity index is 858. The van der Waals surface area contributed by atoms with Gasteiger partial charge in [0.25, 0.3) is 0 Å². The number of fused-ring (bicyclic) bond motifs is 1. The number of aromatic amines is 1. The number of aromatic nitrogens is 1. The molecule has 1 aromatic heterocycles. The molecule has 29 heavy (non-hydrogen) atoms. The quantitative estimate of drug-likeness (QED) is 0.279. The molecule has 158 valence electrons. The highest BCUT2D eigenvalue weighted by atomic mass is 35.5. The molecule has 1 N–H and O–H groups in total. The number of benzene rings is 1. The van der Waals surface area contributed by atoms with E-state index < -0.39 is 5.97 Å². The minimum Gasteiger partial charge on any atom is -0.466 e. The maximum atomic E-state index is 12.9. The molecule has 1 heterocycles. The van der Waals surface area contributed by atoms with E-state index in [4.69, 9.17) is 21.1 Å². The van der Waals surface area contributed by atoms with Gasteiger partial charge in [0.05, 0.1) is 18.8 Å². The Morgan fingerprint density at radius 1 is 1.00 bits per heavy atom. The standard InChI is InChI=1S/C22H28ClNO5/c1-3-28-22(27)21-20(17-14-16(23)11-12-18(17)24-21)19(26)10-8-6-4-5-7-9-13-29-15(2)25/h11-12,14,24H,3-10,13H2,1-2H3. The third-order valence-corrected chi connectivity index (χ3v) is 4.86. The Balaban J connectivity index is 1.91. The molecule has 2 aromatic rings. The summed E-state index contributed by atoms with van der Waals surface area (Å²) in [4.78, 5) is 38.9. The molecule has 0 aliphatic heterocycles. The minimum absolute atomic E-state index is 0.0866. The van der Waals surface area contributed by atoms with Gasteiger partial charge in [0.1, 0.15) is 5.69 Å². The number of carbonyl (C=O) groups is 3. The van der Waals surface area contributed by atoms with Gasteiger partial charge in [-0.15, -0.1) is 0 Å². The van der Waals surface area contributed by atoms with E-state index in [9.17, 15) is 14.4 Å². The number of Topliss-reactive ketones (excluding diaryl/α,β-unsaturated/α-hetero) is 1. The summed E-state index contributed by atoms with van der Waals surface area (Å²) in [6.07, 6.45) is 5.94. The number of unbranched alkanes of at least 4 members (excludes halogenated alkanes) is 5. The third-order valence-electron chi connectivity index (χ3n) is 4.62. The lowest BCUT2D eigenvalue weighted by Gasteiger charge is -2.05. The molecular weight excluding hydrogens is 394 g/mol. The average molecular weight is 422 g/mol. The van der Waals surface area contributed by atoms with Gasteiger partial charge in [0.15, 0.2) is 5.78 Å². The number of H-pyrrole nitrogens is 1. The van der Waals surface area contributed by atoms with E-state index in [1.54, 1.807) is 25.1 Å². The molecule has 0 radical (unpaired) electrons. The fraction of sp³-hybridized carbons (Fsp3) is 0.500. The van der Waals surface area contributed by atoms with Crippen LogP contribution in [0.5, 0.6) is 0 Å². The molecule has 7 heteroatoms. The molecule has 0 spiro atoms. The first-order valence-corrected chi connectivity index (χ1v) is 10.5. The van der Waals surface area contributed by atoms with Crippen LogP contribution in [0.25, 0.3) is 10.9 Å². The Hall–Kier alpha value is -2.34. The Morgan fingerprint density at radius 2 is 1.69 bits per heavy atom. The molecule has 0 bridgehead atoms. The van der Waals surface area contributed by atoms with Gasteiger partial charge in [-0.3, -0.25) is 9.59 Å². The van der Waals surface area contributed by atoms with Gasteiger partial charge in [-0.05, 0) is 38.0 Å². The first-order chi connectivity index (χ1) is 13.9. The van der Waals surface area contributed by atoms with Crippen LogP contribution in [0.1, 0.15) is 79.6 Å². The number of esters is 2. The maximum Gasteiger partial charge on any atom is 0.355 e. The van der Waals surface area contributed by atoms with Crippen molar-refractivity contribution in [2.24, 2.45) is 0 Å². The smallest absolute Gasteiger partial charge is 0.355 e. The first-order valence-electron chi connectivity index (χ1n) is 10.1. The van der Waals surface area contributed by atoms with Gasteiger partial charge < -0.3 is 14.5 Å². The zero-order chi connectivity index (χ0) is 21.2. The maximum absolute atomic E-state index is 12.9. The van der Waals surface area contributed by atoms with E-state index in [2.05, 4.69) is 4.98 Å². The lowest BCUT2D eigenvalue weighted by atomic mass is 10.0. The molecule has 0 unspecified atom stereocenters. The van der Waals surface area contributed by atoms with Crippen LogP contribution in [0, 0.1) is 0 Å². The summed E-state index contributed by atoms with van der Waals surface area (Å²) in [5.74, 6) is -0.864. The van der Waals surface area contributed by atoms with Gasteiger partial charge in [-0.25, -0.2) is 4.79 Å². The predicted octanol–water partition coefficient (Wildman–Crippen LogP) is 5.47. The third kappa shape index (κ3) is 6.89. The molecule has 0 amide bonds. The van der Waals surface area contributed by atoms with Crippen molar-refractivity contribution in [3.05, 3.63) is 34.5 Å². The molecular formula is C22H28ClNO5. The predicted molar refractivity (Wildman–Crippen MR) is 113 cm³/mol. The molecule has 0 aliphatic rings. The van der Waals surface area contributed by atoms with Gasteiger partial charge in [-0.2, -0.15) is 0 Å². The van der Waals surface area contributed by atoms with Crippen LogP contribution in [0.15, 0.2) is 18.2 Å². The second-order valence-corrected chi connectivity index (χ2v) is 7.36. The van der Waals surface area contributed by atoms with Crippen molar-refractivity contribution < 1.29 is 23.9 Å². The summed E-state index contributed by atoms with van der Waals surface area (Å²) in [5, 5.41) is 1.16. The summed E-state index contributed by atoms with van der Waals surface area (Å²) in [6, 6.07) is 5.17. The number of nitrogens with one attached hydrogen (secondary N) is 1. The Kier molecular flexibility index (Phi) is 9.19. The van der Waals surface area contributed by atoms with Crippen LogP contribution in [0.3, 0.4) is 0 Å². The molecule has 2 rings (SSSR count). The van der Waals surface area contributed by atoms with E-state index in [0.29, 0.717) is 34.5 Å². The zero-order valence-electron chi connectivity index (χ0n) is 17.0. The summed E-state index contributed by atoms with van der Waals surface area (Å²) in [5.41, 5.74) is 1.25. The molecule has 6 nitrogen and oxygen atoms in total. The number of halogens is 1.